The monoisotopic (exact) mass is 494 g/mol. The van der Waals surface area contributed by atoms with Crippen molar-refractivity contribution in [3.8, 4) is 0 Å². The molecule has 0 amide bonds. The summed E-state index contributed by atoms with van der Waals surface area (Å²) in [5.41, 5.74) is 3.63. The van der Waals surface area contributed by atoms with Crippen LogP contribution >= 0.6 is 0 Å². The van der Waals surface area contributed by atoms with Crippen LogP contribution in [0.25, 0.3) is 0 Å². The highest BCUT2D eigenvalue weighted by Gasteiger charge is 2.51. The smallest absolute Gasteiger partial charge is 0.338 e. The molecule has 0 radical (unpaired) electrons. The highest BCUT2D eigenvalue weighted by molar-refractivity contribution is 6.04. The maximum Gasteiger partial charge on any atom is 0.338 e. The van der Waals surface area contributed by atoms with E-state index in [9.17, 15) is 4.79 Å². The number of fused-ring (bicyclic) bond motifs is 2. The number of carbonyl (C=O) groups is 1. The Balaban J connectivity index is 0.00000176. The molecule has 1 aromatic rings. The lowest BCUT2D eigenvalue weighted by molar-refractivity contribution is -0.137. The summed E-state index contributed by atoms with van der Waals surface area (Å²) < 4.78 is 10.9. The topological polar surface area (TPSA) is 75.5 Å². The van der Waals surface area contributed by atoms with E-state index in [2.05, 4.69) is 47.3 Å². The van der Waals surface area contributed by atoms with Crippen LogP contribution in [0.1, 0.15) is 65.5 Å². The molecule has 7 heteroatoms. The Labute approximate surface area is 216 Å². The first-order chi connectivity index (χ1) is 17.4. The van der Waals surface area contributed by atoms with E-state index in [1.807, 2.05) is 39.8 Å². The van der Waals surface area contributed by atoms with Gasteiger partial charge < -0.3 is 14.8 Å². The second-order valence-electron chi connectivity index (χ2n) is 9.67. The minimum Gasteiger partial charge on any atom is -0.466 e. The Morgan fingerprint density at radius 2 is 1.83 bits per heavy atom. The predicted octanol–water partition coefficient (Wildman–Crippen LogP) is 4.74. The molecule has 36 heavy (non-hydrogen) atoms. The average Bonchev–Trinajstić information content (AvgIpc) is 2.91. The van der Waals surface area contributed by atoms with Crippen molar-refractivity contribution < 1.29 is 14.3 Å². The van der Waals surface area contributed by atoms with Crippen LogP contribution in [0, 0.1) is 0 Å². The van der Waals surface area contributed by atoms with Gasteiger partial charge in [-0.3, -0.25) is 9.89 Å². The van der Waals surface area contributed by atoms with Crippen LogP contribution in [0.15, 0.2) is 57.3 Å². The molecule has 4 rings (SSSR count). The van der Waals surface area contributed by atoms with E-state index < -0.39 is 5.54 Å². The number of nitrogens with one attached hydrogen (secondary N) is 1. The van der Waals surface area contributed by atoms with Crippen LogP contribution in [0.5, 0.6) is 0 Å². The van der Waals surface area contributed by atoms with Gasteiger partial charge in [0.05, 0.1) is 25.9 Å². The predicted molar refractivity (Wildman–Crippen MR) is 147 cm³/mol. The molecule has 1 aromatic carbocycles. The molecule has 0 saturated carbocycles. The van der Waals surface area contributed by atoms with Crippen molar-refractivity contribution in [2.24, 2.45) is 9.98 Å². The zero-order valence-corrected chi connectivity index (χ0v) is 23.0. The molecule has 2 heterocycles. The van der Waals surface area contributed by atoms with Crippen molar-refractivity contribution in [1.82, 2.24) is 10.2 Å². The molecule has 1 unspecified atom stereocenters. The summed E-state index contributed by atoms with van der Waals surface area (Å²) in [7, 11) is 1.45. The van der Waals surface area contributed by atoms with Gasteiger partial charge in [0.2, 0.25) is 0 Å². The zero-order valence-electron chi connectivity index (χ0n) is 23.0. The second kappa shape index (κ2) is 12.0. The lowest BCUT2D eigenvalue weighted by Crippen LogP contribution is -2.50. The lowest BCUT2D eigenvalue weighted by Gasteiger charge is -2.46. The van der Waals surface area contributed by atoms with E-state index in [0.29, 0.717) is 37.6 Å². The number of morpholine rings is 1. The van der Waals surface area contributed by atoms with E-state index in [1.165, 1.54) is 12.7 Å². The first kappa shape index (κ1) is 27.8. The Morgan fingerprint density at radius 1 is 1.17 bits per heavy atom. The number of aliphatic imine (C=N–C) groups is 2. The highest BCUT2D eigenvalue weighted by Crippen LogP contribution is 2.52. The minimum atomic E-state index is -0.834. The highest BCUT2D eigenvalue weighted by atomic mass is 16.5. The van der Waals surface area contributed by atoms with Gasteiger partial charge in [0, 0.05) is 31.5 Å². The van der Waals surface area contributed by atoms with Gasteiger partial charge in [-0.2, -0.15) is 0 Å². The quantitative estimate of drug-likeness (QED) is 0.473. The number of rotatable bonds is 5. The number of carbonyl (C=O) groups excluding carboxylic acids is 1. The molecule has 3 aliphatic rings. The third kappa shape index (κ3) is 5.32. The fourth-order valence-electron chi connectivity index (χ4n) is 5.33. The number of allylic oxidation sites excluding steroid dienone is 1. The molecule has 2 aliphatic heterocycles. The van der Waals surface area contributed by atoms with E-state index in [-0.39, 0.29) is 11.4 Å². The third-order valence-electron chi connectivity index (χ3n) is 7.16. The molecular weight excluding hydrogens is 452 g/mol. The van der Waals surface area contributed by atoms with E-state index in [1.54, 1.807) is 6.21 Å². The first-order valence-electron chi connectivity index (χ1n) is 13.1. The average molecular weight is 495 g/mol. The summed E-state index contributed by atoms with van der Waals surface area (Å²) in [4.78, 5) is 25.6. The second-order valence-corrected chi connectivity index (χ2v) is 9.67. The number of nitrogens with zero attached hydrogens (tertiary/aromatic N) is 3. The standard InChI is InChI=1S/C27H36N4O3.C2H6/c1-6-21(28-7-2)24-29-22(18-31-14-16-34-17-15-31)23(25(32)33-5)27(30-24)13-12-26(3,4)19-10-8-9-11-20(19)27;1-2/h6-11H,12-18H2,1-5H3,(H,29,30);1-2H3/b21-6-,28-7?;. The molecule has 7 nitrogen and oxygen atoms in total. The molecule has 0 bridgehead atoms. The van der Waals surface area contributed by atoms with Crippen molar-refractivity contribution >= 4 is 18.0 Å². The number of hydrogen-bond acceptors (Lipinski definition) is 7. The number of ether oxygens (including phenoxy) is 2. The third-order valence-corrected chi connectivity index (χ3v) is 7.16. The number of hydrogen-bond donors (Lipinski definition) is 1. The van der Waals surface area contributed by atoms with Crippen molar-refractivity contribution in [3.05, 3.63) is 58.4 Å². The Bertz CT molecular complexity index is 1060. The van der Waals surface area contributed by atoms with Gasteiger partial charge in [0.15, 0.2) is 5.84 Å². The lowest BCUT2D eigenvalue weighted by atomic mass is 9.62. The van der Waals surface area contributed by atoms with E-state index in [4.69, 9.17) is 14.5 Å². The summed E-state index contributed by atoms with van der Waals surface area (Å²) in [6, 6.07) is 8.40. The van der Waals surface area contributed by atoms with Gasteiger partial charge in [-0.05, 0) is 43.2 Å². The number of esters is 1. The largest absolute Gasteiger partial charge is 0.466 e. The molecule has 1 saturated heterocycles. The van der Waals surface area contributed by atoms with Gasteiger partial charge in [0.25, 0.3) is 0 Å². The number of methoxy groups -OCH3 is 1. The van der Waals surface area contributed by atoms with E-state index in [0.717, 1.165) is 36.5 Å². The Kier molecular flexibility index (Phi) is 9.25. The number of benzene rings is 1. The Morgan fingerprint density at radius 3 is 2.44 bits per heavy atom. The fourth-order valence-corrected chi connectivity index (χ4v) is 5.33. The molecule has 1 fully saturated rings. The van der Waals surface area contributed by atoms with Gasteiger partial charge in [-0.1, -0.05) is 58.0 Å². The minimum absolute atomic E-state index is 0.0149. The fraction of sp³-hybridized carbons (Fsp3) is 0.552. The number of amidine groups is 1. The first-order valence-corrected chi connectivity index (χ1v) is 13.1. The molecule has 1 spiro atoms. The summed E-state index contributed by atoms with van der Waals surface area (Å²) >= 11 is 0. The summed E-state index contributed by atoms with van der Waals surface area (Å²) in [6.45, 7) is 16.0. The van der Waals surface area contributed by atoms with E-state index >= 15 is 0 Å². The van der Waals surface area contributed by atoms with Crippen LogP contribution in [0.3, 0.4) is 0 Å². The van der Waals surface area contributed by atoms with Crippen LogP contribution in [0.4, 0.5) is 0 Å². The van der Waals surface area contributed by atoms with Crippen molar-refractivity contribution in [2.45, 2.75) is 65.3 Å². The molecular formula is C29H42N4O3. The van der Waals surface area contributed by atoms with Gasteiger partial charge >= 0.3 is 5.97 Å². The van der Waals surface area contributed by atoms with Crippen molar-refractivity contribution in [3.63, 3.8) is 0 Å². The van der Waals surface area contributed by atoms with Crippen LogP contribution < -0.4 is 5.32 Å². The molecule has 1 aliphatic carbocycles. The maximum absolute atomic E-state index is 13.5. The Hall–Kier alpha value is -2.77. The van der Waals surface area contributed by atoms with Gasteiger partial charge in [0.1, 0.15) is 11.2 Å². The normalized spacial score (nSPS) is 24.0. The molecule has 1 atom stereocenters. The van der Waals surface area contributed by atoms with Crippen LogP contribution in [0.2, 0.25) is 0 Å². The van der Waals surface area contributed by atoms with Crippen LogP contribution in [-0.4, -0.2) is 62.9 Å². The van der Waals surface area contributed by atoms with Crippen molar-refractivity contribution in [2.75, 3.05) is 40.0 Å². The zero-order chi connectivity index (χ0) is 26.3. The van der Waals surface area contributed by atoms with Crippen molar-refractivity contribution in [1.29, 1.82) is 0 Å². The van der Waals surface area contributed by atoms with Gasteiger partial charge in [-0.15, -0.1) is 0 Å². The molecule has 196 valence electrons. The maximum atomic E-state index is 13.5. The summed E-state index contributed by atoms with van der Waals surface area (Å²) in [6.07, 6.45) is 5.33. The van der Waals surface area contributed by atoms with Gasteiger partial charge in [-0.25, -0.2) is 9.79 Å². The van der Waals surface area contributed by atoms with Crippen LogP contribution in [-0.2, 0) is 25.2 Å². The molecule has 1 N–H and O–H groups in total. The summed E-state index contributed by atoms with van der Waals surface area (Å²) in [5, 5.41) is 3.49. The SMILES string of the molecule is CC.CC=N/C(=C\C)C1=NC2(CCC(C)(C)c3ccccc32)C(C(=O)OC)=C(CN2CCOCC2)N1. The molecule has 0 aromatic heterocycles. The summed E-state index contributed by atoms with van der Waals surface area (Å²) in [5.74, 6) is 0.347.